The summed E-state index contributed by atoms with van der Waals surface area (Å²) in [6.07, 6.45) is -3.20. The molecule has 0 radical (unpaired) electrons. The van der Waals surface area contributed by atoms with Gasteiger partial charge < -0.3 is 5.32 Å². The van der Waals surface area contributed by atoms with Crippen molar-refractivity contribution < 1.29 is 13.2 Å². The molecule has 0 bridgehead atoms. The van der Waals surface area contributed by atoms with Gasteiger partial charge in [-0.1, -0.05) is 0 Å². The summed E-state index contributed by atoms with van der Waals surface area (Å²) in [7, 11) is 0. The summed E-state index contributed by atoms with van der Waals surface area (Å²) in [4.78, 5) is 5.66. The first-order valence-electron chi connectivity index (χ1n) is 5.38. The van der Waals surface area contributed by atoms with Gasteiger partial charge in [0.15, 0.2) is 0 Å². The maximum absolute atomic E-state index is 12.3. The summed E-state index contributed by atoms with van der Waals surface area (Å²) < 4.78 is 38.0. The molecule has 0 saturated carbocycles. The second-order valence-electron chi connectivity index (χ2n) is 3.90. The van der Waals surface area contributed by atoms with Gasteiger partial charge in [0.2, 0.25) is 0 Å². The number of thiophene rings is 1. The lowest BCUT2D eigenvalue weighted by atomic mass is 10.3. The predicted octanol–water partition coefficient (Wildman–Crippen LogP) is 4.84. The van der Waals surface area contributed by atoms with Gasteiger partial charge in [0.25, 0.3) is 0 Å². The fraction of sp³-hybridized carbons (Fsp3) is 0.250. The molecule has 0 saturated heterocycles. The maximum Gasteiger partial charge on any atom is 0.433 e. The van der Waals surface area contributed by atoms with Crippen molar-refractivity contribution >= 4 is 33.0 Å². The molecule has 0 fully saturated rings. The van der Waals surface area contributed by atoms with E-state index in [-0.39, 0.29) is 0 Å². The Morgan fingerprint density at radius 2 is 2.11 bits per heavy atom. The lowest BCUT2D eigenvalue weighted by molar-refractivity contribution is -0.141. The van der Waals surface area contributed by atoms with Crippen molar-refractivity contribution in [2.24, 2.45) is 0 Å². The van der Waals surface area contributed by atoms with Crippen molar-refractivity contribution in [3.63, 3.8) is 0 Å². The van der Waals surface area contributed by atoms with Gasteiger partial charge in [0.1, 0.15) is 5.69 Å². The average Bonchev–Trinajstić information content (AvgIpc) is 2.66. The lowest BCUT2D eigenvalue weighted by Gasteiger charge is -2.07. The van der Waals surface area contributed by atoms with Crippen LogP contribution < -0.4 is 5.32 Å². The Balaban J connectivity index is 2.00. The van der Waals surface area contributed by atoms with E-state index in [0.29, 0.717) is 12.2 Å². The Morgan fingerprint density at radius 3 is 2.58 bits per heavy atom. The number of pyridine rings is 1. The second-order valence-corrected chi connectivity index (χ2v) is 6.10. The number of rotatable bonds is 3. The summed E-state index contributed by atoms with van der Waals surface area (Å²) in [5.41, 5.74) is -0.317. The van der Waals surface area contributed by atoms with Crippen molar-refractivity contribution in [2.75, 3.05) is 5.32 Å². The third kappa shape index (κ3) is 3.70. The summed E-state index contributed by atoms with van der Waals surface area (Å²) in [6.45, 7) is 2.56. The minimum atomic E-state index is -4.39. The van der Waals surface area contributed by atoms with Crippen LogP contribution in [0.15, 0.2) is 28.9 Å². The monoisotopic (exact) mass is 350 g/mol. The molecule has 102 valence electrons. The normalized spacial score (nSPS) is 11.6. The van der Waals surface area contributed by atoms with Gasteiger partial charge in [0, 0.05) is 20.8 Å². The number of aryl methyl sites for hydroxylation is 1. The van der Waals surface area contributed by atoms with Crippen LogP contribution in [0, 0.1) is 6.92 Å². The van der Waals surface area contributed by atoms with E-state index in [2.05, 4.69) is 26.2 Å². The number of halogens is 4. The Bertz CT molecular complexity index is 544. The standard InChI is InChI=1S/C12H10BrF3N2S/c1-7-10(13)4-9(19-7)6-17-8-2-3-11(18-5-8)12(14,15)16/h2-5,17H,6H2,1H3. The van der Waals surface area contributed by atoms with Crippen LogP contribution in [0.1, 0.15) is 15.4 Å². The second kappa shape index (κ2) is 5.50. The number of alkyl halides is 3. The first kappa shape index (κ1) is 14.3. The molecular weight excluding hydrogens is 341 g/mol. The largest absolute Gasteiger partial charge is 0.433 e. The Morgan fingerprint density at radius 1 is 1.37 bits per heavy atom. The summed E-state index contributed by atoms with van der Waals surface area (Å²) in [5.74, 6) is 0. The van der Waals surface area contributed by atoms with E-state index >= 15 is 0 Å². The van der Waals surface area contributed by atoms with Crippen LogP contribution in [0.4, 0.5) is 18.9 Å². The van der Waals surface area contributed by atoms with Crippen molar-refractivity contribution in [1.82, 2.24) is 4.98 Å². The van der Waals surface area contributed by atoms with Gasteiger partial charge in [-0.3, -0.25) is 0 Å². The van der Waals surface area contributed by atoms with E-state index in [1.54, 1.807) is 11.3 Å². The van der Waals surface area contributed by atoms with Crippen molar-refractivity contribution in [2.45, 2.75) is 19.6 Å². The lowest BCUT2D eigenvalue weighted by Crippen LogP contribution is -2.08. The molecule has 0 spiro atoms. The van der Waals surface area contributed by atoms with Crippen molar-refractivity contribution in [3.05, 3.63) is 44.3 Å². The van der Waals surface area contributed by atoms with Crippen LogP contribution in [-0.2, 0) is 12.7 Å². The molecule has 0 aliphatic carbocycles. The number of hydrogen-bond acceptors (Lipinski definition) is 3. The molecule has 2 heterocycles. The van der Waals surface area contributed by atoms with Gasteiger partial charge in [-0.25, -0.2) is 4.98 Å². The molecule has 0 aromatic carbocycles. The molecule has 19 heavy (non-hydrogen) atoms. The van der Waals surface area contributed by atoms with Crippen LogP contribution in [0.2, 0.25) is 0 Å². The smallest absolute Gasteiger partial charge is 0.379 e. The highest BCUT2D eigenvalue weighted by atomic mass is 79.9. The van der Waals surface area contributed by atoms with Crippen LogP contribution in [0.5, 0.6) is 0 Å². The molecule has 1 N–H and O–H groups in total. The van der Waals surface area contributed by atoms with E-state index in [1.165, 1.54) is 17.1 Å². The third-order valence-corrected chi connectivity index (χ3v) is 4.57. The van der Waals surface area contributed by atoms with Crippen LogP contribution >= 0.6 is 27.3 Å². The van der Waals surface area contributed by atoms with Crippen LogP contribution in [0.3, 0.4) is 0 Å². The summed E-state index contributed by atoms with van der Waals surface area (Å²) in [6, 6.07) is 4.34. The molecule has 0 aliphatic heterocycles. The van der Waals surface area contributed by atoms with Crippen LogP contribution in [0.25, 0.3) is 0 Å². The van der Waals surface area contributed by atoms with E-state index in [0.717, 1.165) is 15.4 Å². The Hall–Kier alpha value is -1.08. The molecule has 0 amide bonds. The highest BCUT2D eigenvalue weighted by Gasteiger charge is 2.31. The SMILES string of the molecule is Cc1sc(CNc2ccc(C(F)(F)F)nc2)cc1Br. The van der Waals surface area contributed by atoms with Gasteiger partial charge in [-0.05, 0) is 41.1 Å². The zero-order valence-electron chi connectivity index (χ0n) is 9.88. The van der Waals surface area contributed by atoms with E-state index < -0.39 is 11.9 Å². The topological polar surface area (TPSA) is 24.9 Å². The van der Waals surface area contributed by atoms with E-state index in [9.17, 15) is 13.2 Å². The number of aromatic nitrogens is 1. The molecular formula is C12H10BrF3N2S. The minimum absolute atomic E-state index is 0.560. The highest BCUT2D eigenvalue weighted by Crippen LogP contribution is 2.29. The maximum atomic E-state index is 12.3. The molecule has 7 heteroatoms. The summed E-state index contributed by atoms with van der Waals surface area (Å²) in [5, 5.41) is 3.04. The Kier molecular flexibility index (Phi) is 4.15. The van der Waals surface area contributed by atoms with E-state index in [1.807, 2.05) is 13.0 Å². The molecule has 2 aromatic rings. The average molecular weight is 351 g/mol. The van der Waals surface area contributed by atoms with E-state index in [4.69, 9.17) is 0 Å². The molecule has 0 aliphatic rings. The highest BCUT2D eigenvalue weighted by molar-refractivity contribution is 9.10. The number of nitrogens with one attached hydrogen (secondary N) is 1. The molecule has 0 atom stereocenters. The zero-order chi connectivity index (χ0) is 14.0. The number of anilines is 1. The van der Waals surface area contributed by atoms with Gasteiger partial charge in [-0.15, -0.1) is 11.3 Å². The Labute approximate surface area is 120 Å². The predicted molar refractivity (Wildman–Crippen MR) is 73.3 cm³/mol. The summed E-state index contributed by atoms with van der Waals surface area (Å²) >= 11 is 5.05. The molecule has 2 aromatic heterocycles. The fourth-order valence-corrected chi connectivity index (χ4v) is 3.00. The van der Waals surface area contributed by atoms with Gasteiger partial charge >= 0.3 is 6.18 Å². The van der Waals surface area contributed by atoms with Gasteiger partial charge in [0.05, 0.1) is 11.9 Å². The van der Waals surface area contributed by atoms with Crippen LogP contribution in [-0.4, -0.2) is 4.98 Å². The first-order chi connectivity index (χ1) is 8.86. The molecule has 2 rings (SSSR count). The van der Waals surface area contributed by atoms with Gasteiger partial charge in [-0.2, -0.15) is 13.2 Å². The number of hydrogen-bond donors (Lipinski definition) is 1. The van der Waals surface area contributed by atoms with Crippen molar-refractivity contribution in [1.29, 1.82) is 0 Å². The molecule has 0 unspecified atom stereocenters. The fourth-order valence-electron chi connectivity index (χ4n) is 1.46. The quantitative estimate of drug-likeness (QED) is 0.856. The first-order valence-corrected chi connectivity index (χ1v) is 6.99. The zero-order valence-corrected chi connectivity index (χ0v) is 12.3. The minimum Gasteiger partial charge on any atom is -0.379 e. The molecule has 2 nitrogen and oxygen atoms in total. The third-order valence-electron chi connectivity index (χ3n) is 2.43. The number of nitrogens with zero attached hydrogens (tertiary/aromatic N) is 1. The van der Waals surface area contributed by atoms with Crippen molar-refractivity contribution in [3.8, 4) is 0 Å².